The first kappa shape index (κ1) is 8.33. The minimum absolute atomic E-state index is 0.250. The fraction of sp³-hybridized carbons (Fsp3) is 0.857. The van der Waals surface area contributed by atoms with Crippen LogP contribution in [0.2, 0.25) is 0 Å². The number of rotatable bonds is 1. The van der Waals surface area contributed by atoms with Gasteiger partial charge in [-0.3, -0.25) is 0 Å². The Kier molecular flexibility index (Phi) is 2.70. The second kappa shape index (κ2) is 3.57. The highest BCUT2D eigenvalue weighted by Crippen LogP contribution is 2.22. The number of hydrogen-bond donors (Lipinski definition) is 3. The second-order valence-corrected chi connectivity index (χ2v) is 3.14. The Hall–Kier alpha value is -0.770. The second-order valence-electron chi connectivity index (χ2n) is 3.14. The van der Waals surface area contributed by atoms with Crippen molar-refractivity contribution in [3.8, 4) is 0 Å². The van der Waals surface area contributed by atoms with Gasteiger partial charge in [-0.2, -0.15) is 0 Å². The monoisotopic (exact) mass is 157 g/mol. The van der Waals surface area contributed by atoms with Crippen LogP contribution in [-0.2, 0) is 0 Å². The van der Waals surface area contributed by atoms with Gasteiger partial charge in [0.15, 0.2) is 0 Å². The predicted octanol–water partition coefficient (Wildman–Crippen LogP) is 0.250. The molecule has 0 amide bonds. The van der Waals surface area contributed by atoms with Crippen LogP contribution in [0.1, 0.15) is 25.7 Å². The molecule has 1 aliphatic carbocycles. The number of nitrogens with two attached hydrogens (primary N) is 2. The maximum absolute atomic E-state index is 8.38. The van der Waals surface area contributed by atoms with Gasteiger partial charge in [0.05, 0.1) is 0 Å². The Balaban J connectivity index is 2.39. The fourth-order valence-corrected chi connectivity index (χ4v) is 1.50. The van der Waals surface area contributed by atoms with E-state index in [0.29, 0.717) is 11.9 Å². The van der Waals surface area contributed by atoms with Gasteiger partial charge in [0.1, 0.15) is 5.84 Å². The largest absolute Gasteiger partial charge is 0.409 e. The van der Waals surface area contributed by atoms with E-state index in [9.17, 15) is 0 Å². The highest BCUT2D eigenvalue weighted by molar-refractivity contribution is 5.82. The van der Waals surface area contributed by atoms with E-state index in [0.717, 1.165) is 25.7 Å². The van der Waals surface area contributed by atoms with E-state index in [1.54, 1.807) is 0 Å². The van der Waals surface area contributed by atoms with Gasteiger partial charge in [0.2, 0.25) is 0 Å². The van der Waals surface area contributed by atoms with E-state index in [4.69, 9.17) is 16.7 Å². The minimum Gasteiger partial charge on any atom is -0.409 e. The smallest absolute Gasteiger partial charge is 0.142 e. The number of oxime groups is 1. The SMILES string of the molecule is N/C(=N\O)C1CCC(N)CC1. The lowest BCUT2D eigenvalue weighted by Crippen LogP contribution is -2.33. The first-order valence-electron chi connectivity index (χ1n) is 3.97. The van der Waals surface area contributed by atoms with Crippen molar-refractivity contribution in [1.82, 2.24) is 0 Å². The van der Waals surface area contributed by atoms with Gasteiger partial charge in [-0.25, -0.2) is 0 Å². The summed E-state index contributed by atoms with van der Waals surface area (Å²) in [4.78, 5) is 0. The molecular formula is C7H15N3O. The predicted molar refractivity (Wildman–Crippen MR) is 43.3 cm³/mol. The molecule has 0 aromatic carbocycles. The molecule has 11 heavy (non-hydrogen) atoms. The van der Waals surface area contributed by atoms with Gasteiger partial charge in [0.25, 0.3) is 0 Å². The zero-order valence-electron chi connectivity index (χ0n) is 6.53. The summed E-state index contributed by atoms with van der Waals surface area (Å²) in [5.41, 5.74) is 11.1. The maximum Gasteiger partial charge on any atom is 0.142 e. The topological polar surface area (TPSA) is 84.6 Å². The average molecular weight is 157 g/mol. The molecule has 1 aliphatic rings. The third-order valence-electron chi connectivity index (χ3n) is 2.31. The average Bonchev–Trinajstić information content (AvgIpc) is 2.05. The molecule has 64 valence electrons. The summed E-state index contributed by atoms with van der Waals surface area (Å²) in [6, 6.07) is 0.317. The van der Waals surface area contributed by atoms with Crippen LogP contribution in [0, 0.1) is 5.92 Å². The molecule has 0 radical (unpaired) electrons. The lowest BCUT2D eigenvalue weighted by atomic mass is 9.86. The molecule has 0 spiro atoms. The molecule has 0 aromatic heterocycles. The van der Waals surface area contributed by atoms with Crippen molar-refractivity contribution in [1.29, 1.82) is 0 Å². The number of amidine groups is 1. The molecule has 0 unspecified atom stereocenters. The fourth-order valence-electron chi connectivity index (χ4n) is 1.50. The Morgan fingerprint density at radius 2 is 1.82 bits per heavy atom. The molecule has 4 heteroatoms. The summed E-state index contributed by atoms with van der Waals surface area (Å²) in [7, 11) is 0. The first-order chi connectivity index (χ1) is 5.24. The Labute approximate surface area is 66.2 Å². The normalized spacial score (nSPS) is 33.7. The van der Waals surface area contributed by atoms with Crippen LogP contribution in [0.15, 0.2) is 5.16 Å². The lowest BCUT2D eigenvalue weighted by molar-refractivity contribution is 0.306. The van der Waals surface area contributed by atoms with Crippen LogP contribution < -0.4 is 11.5 Å². The van der Waals surface area contributed by atoms with Crippen LogP contribution in [0.3, 0.4) is 0 Å². The minimum atomic E-state index is 0.250. The third kappa shape index (κ3) is 2.08. The van der Waals surface area contributed by atoms with Crippen molar-refractivity contribution in [2.75, 3.05) is 0 Å². The zero-order chi connectivity index (χ0) is 8.27. The Bertz CT molecular complexity index is 150. The van der Waals surface area contributed by atoms with Crippen molar-refractivity contribution in [2.24, 2.45) is 22.5 Å². The molecule has 0 saturated heterocycles. The Morgan fingerprint density at radius 3 is 2.27 bits per heavy atom. The first-order valence-corrected chi connectivity index (χ1v) is 3.97. The van der Waals surface area contributed by atoms with Crippen molar-refractivity contribution < 1.29 is 5.21 Å². The lowest BCUT2D eigenvalue weighted by Gasteiger charge is -2.24. The van der Waals surface area contributed by atoms with Crippen molar-refractivity contribution in [2.45, 2.75) is 31.7 Å². The van der Waals surface area contributed by atoms with Crippen LogP contribution in [0.25, 0.3) is 0 Å². The number of nitrogens with zero attached hydrogens (tertiary/aromatic N) is 1. The standard InChI is InChI=1S/C7H15N3O/c8-6-3-1-5(2-4-6)7(9)10-11/h5-6,11H,1-4,8H2,(H2,9,10). The van der Waals surface area contributed by atoms with Gasteiger partial charge in [-0.05, 0) is 25.7 Å². The third-order valence-corrected chi connectivity index (χ3v) is 2.31. The molecule has 0 aliphatic heterocycles. The maximum atomic E-state index is 8.38. The van der Waals surface area contributed by atoms with Crippen LogP contribution >= 0.6 is 0 Å². The molecule has 1 saturated carbocycles. The highest BCUT2D eigenvalue weighted by Gasteiger charge is 2.21. The van der Waals surface area contributed by atoms with Gasteiger partial charge < -0.3 is 16.7 Å². The summed E-state index contributed by atoms with van der Waals surface area (Å²) < 4.78 is 0. The van der Waals surface area contributed by atoms with Gasteiger partial charge in [-0.15, -0.1) is 0 Å². The number of hydrogen-bond acceptors (Lipinski definition) is 3. The summed E-state index contributed by atoms with van der Waals surface area (Å²) >= 11 is 0. The summed E-state index contributed by atoms with van der Waals surface area (Å²) in [6.07, 6.45) is 3.88. The van der Waals surface area contributed by atoms with E-state index in [2.05, 4.69) is 5.16 Å². The molecule has 5 N–H and O–H groups in total. The van der Waals surface area contributed by atoms with Gasteiger partial charge in [-0.1, -0.05) is 5.16 Å². The molecule has 0 heterocycles. The van der Waals surface area contributed by atoms with Crippen LogP contribution in [-0.4, -0.2) is 17.1 Å². The Morgan fingerprint density at radius 1 is 1.27 bits per heavy atom. The van der Waals surface area contributed by atoms with Gasteiger partial charge >= 0.3 is 0 Å². The molecular weight excluding hydrogens is 142 g/mol. The van der Waals surface area contributed by atoms with Crippen molar-refractivity contribution >= 4 is 5.84 Å². The van der Waals surface area contributed by atoms with Crippen molar-refractivity contribution in [3.63, 3.8) is 0 Å². The molecule has 4 nitrogen and oxygen atoms in total. The van der Waals surface area contributed by atoms with Crippen LogP contribution in [0.4, 0.5) is 0 Å². The molecule has 1 fully saturated rings. The zero-order valence-corrected chi connectivity index (χ0v) is 6.53. The van der Waals surface area contributed by atoms with E-state index < -0.39 is 0 Å². The highest BCUT2D eigenvalue weighted by atomic mass is 16.4. The van der Waals surface area contributed by atoms with E-state index in [-0.39, 0.29) is 5.92 Å². The van der Waals surface area contributed by atoms with E-state index in [1.165, 1.54) is 0 Å². The van der Waals surface area contributed by atoms with Crippen molar-refractivity contribution in [3.05, 3.63) is 0 Å². The quantitative estimate of drug-likeness (QED) is 0.221. The molecule has 1 rings (SSSR count). The van der Waals surface area contributed by atoms with Gasteiger partial charge in [0, 0.05) is 12.0 Å². The molecule has 0 aromatic rings. The van der Waals surface area contributed by atoms with E-state index in [1.807, 2.05) is 0 Å². The van der Waals surface area contributed by atoms with E-state index >= 15 is 0 Å². The van der Waals surface area contributed by atoms with Crippen LogP contribution in [0.5, 0.6) is 0 Å². The molecule has 0 bridgehead atoms. The molecule has 0 atom stereocenters. The summed E-state index contributed by atoms with van der Waals surface area (Å²) in [5, 5.41) is 11.4. The summed E-state index contributed by atoms with van der Waals surface area (Å²) in [6.45, 7) is 0. The summed E-state index contributed by atoms with van der Waals surface area (Å²) in [5.74, 6) is 0.608.